The molecule has 0 radical (unpaired) electrons. The molecule has 20 heavy (non-hydrogen) atoms. The van der Waals surface area contributed by atoms with Crippen LogP contribution in [0.5, 0.6) is 0 Å². The number of nitro groups is 1. The highest BCUT2D eigenvalue weighted by Crippen LogP contribution is 2.25. The van der Waals surface area contributed by atoms with Crippen LogP contribution >= 0.6 is 24.0 Å². The number of benzene rings is 1. The summed E-state index contributed by atoms with van der Waals surface area (Å²) in [6.45, 7) is 1.81. The number of halogens is 2. The van der Waals surface area contributed by atoms with Gasteiger partial charge in [0.2, 0.25) is 0 Å². The Morgan fingerprint density at radius 3 is 2.75 bits per heavy atom. The number of hydrogen-bond donors (Lipinski definition) is 1. The average molecular weight is 320 g/mol. The van der Waals surface area contributed by atoms with Crippen LogP contribution in [-0.4, -0.2) is 35.4 Å². The zero-order chi connectivity index (χ0) is 14.0. The van der Waals surface area contributed by atoms with Crippen molar-refractivity contribution >= 4 is 35.6 Å². The van der Waals surface area contributed by atoms with Gasteiger partial charge in [-0.2, -0.15) is 0 Å². The summed E-state index contributed by atoms with van der Waals surface area (Å²) in [4.78, 5) is 24.0. The minimum absolute atomic E-state index is 0. The van der Waals surface area contributed by atoms with Gasteiger partial charge in [0.1, 0.15) is 0 Å². The van der Waals surface area contributed by atoms with Crippen LogP contribution in [0.1, 0.15) is 16.8 Å². The van der Waals surface area contributed by atoms with Gasteiger partial charge in [0.25, 0.3) is 11.6 Å². The maximum Gasteiger partial charge on any atom is 0.270 e. The van der Waals surface area contributed by atoms with Crippen LogP contribution in [0, 0.1) is 16.0 Å². The molecule has 1 aliphatic rings. The number of likely N-dealkylation sites (tertiary alicyclic amines) is 1. The van der Waals surface area contributed by atoms with E-state index in [1.807, 2.05) is 0 Å². The van der Waals surface area contributed by atoms with Gasteiger partial charge in [0, 0.05) is 25.2 Å². The summed E-state index contributed by atoms with van der Waals surface area (Å²) in [6, 6.07) is 3.89. The lowest BCUT2D eigenvalue weighted by Crippen LogP contribution is -2.30. The molecule has 0 aromatic heterocycles. The summed E-state index contributed by atoms with van der Waals surface area (Å²) in [6.07, 6.45) is 0.882. The molecule has 6 nitrogen and oxygen atoms in total. The van der Waals surface area contributed by atoms with Crippen LogP contribution in [0.25, 0.3) is 0 Å². The Kier molecular flexibility index (Phi) is 5.74. The highest BCUT2D eigenvalue weighted by molar-refractivity contribution is 6.34. The number of carbonyl (C=O) groups is 1. The Balaban J connectivity index is 0.00000200. The van der Waals surface area contributed by atoms with Crippen LogP contribution in [0.2, 0.25) is 5.02 Å². The normalized spacial score (nSPS) is 17.7. The van der Waals surface area contributed by atoms with Crippen molar-refractivity contribution in [2.24, 2.45) is 11.7 Å². The van der Waals surface area contributed by atoms with Crippen molar-refractivity contribution in [2.75, 3.05) is 19.6 Å². The Bertz CT molecular complexity index is 525. The molecule has 0 aliphatic carbocycles. The molecule has 0 bridgehead atoms. The molecular formula is C12H15Cl2N3O3. The maximum atomic E-state index is 12.2. The minimum Gasteiger partial charge on any atom is -0.338 e. The van der Waals surface area contributed by atoms with Crippen molar-refractivity contribution in [3.8, 4) is 0 Å². The van der Waals surface area contributed by atoms with Crippen molar-refractivity contribution in [3.63, 3.8) is 0 Å². The van der Waals surface area contributed by atoms with Crippen LogP contribution in [-0.2, 0) is 0 Å². The Morgan fingerprint density at radius 2 is 2.25 bits per heavy atom. The van der Waals surface area contributed by atoms with Gasteiger partial charge >= 0.3 is 0 Å². The SMILES string of the molecule is Cl.NCC1CCN(C(=O)c2ccc([N+](=O)[O-])cc2Cl)C1. The van der Waals surface area contributed by atoms with Crippen LogP contribution in [0.15, 0.2) is 18.2 Å². The van der Waals surface area contributed by atoms with Crippen molar-refractivity contribution in [1.82, 2.24) is 4.90 Å². The molecule has 1 aliphatic heterocycles. The number of rotatable bonds is 3. The van der Waals surface area contributed by atoms with E-state index in [1.165, 1.54) is 18.2 Å². The lowest BCUT2D eigenvalue weighted by Gasteiger charge is -2.16. The molecule has 0 spiro atoms. The second-order valence-corrected chi connectivity index (χ2v) is 4.97. The van der Waals surface area contributed by atoms with Crippen molar-refractivity contribution in [3.05, 3.63) is 38.9 Å². The third-order valence-electron chi connectivity index (χ3n) is 3.30. The first kappa shape index (κ1) is 16.7. The Morgan fingerprint density at radius 1 is 1.55 bits per heavy atom. The second-order valence-electron chi connectivity index (χ2n) is 4.56. The van der Waals surface area contributed by atoms with E-state index >= 15 is 0 Å². The number of hydrogen-bond acceptors (Lipinski definition) is 4. The molecule has 1 amide bonds. The monoisotopic (exact) mass is 319 g/mol. The molecule has 1 aromatic rings. The molecule has 0 saturated carbocycles. The topological polar surface area (TPSA) is 89.5 Å². The van der Waals surface area contributed by atoms with E-state index in [1.54, 1.807) is 4.90 Å². The number of nitro benzene ring substituents is 1. The van der Waals surface area contributed by atoms with Crippen molar-refractivity contribution in [2.45, 2.75) is 6.42 Å². The fourth-order valence-electron chi connectivity index (χ4n) is 2.17. The largest absolute Gasteiger partial charge is 0.338 e. The molecule has 1 saturated heterocycles. The van der Waals surface area contributed by atoms with E-state index in [4.69, 9.17) is 17.3 Å². The molecule has 1 aromatic carbocycles. The zero-order valence-electron chi connectivity index (χ0n) is 10.6. The fraction of sp³-hybridized carbons (Fsp3) is 0.417. The Hall–Kier alpha value is -1.37. The first-order chi connectivity index (χ1) is 9.02. The van der Waals surface area contributed by atoms with Crippen LogP contribution < -0.4 is 5.73 Å². The third kappa shape index (κ3) is 3.39. The molecular weight excluding hydrogens is 305 g/mol. The molecule has 2 N–H and O–H groups in total. The minimum atomic E-state index is -0.541. The van der Waals surface area contributed by atoms with E-state index in [0.29, 0.717) is 31.1 Å². The molecule has 110 valence electrons. The fourth-order valence-corrected chi connectivity index (χ4v) is 2.43. The van der Waals surface area contributed by atoms with Gasteiger partial charge in [-0.05, 0) is 24.9 Å². The van der Waals surface area contributed by atoms with Gasteiger partial charge in [-0.3, -0.25) is 14.9 Å². The van der Waals surface area contributed by atoms with Gasteiger partial charge < -0.3 is 10.6 Å². The lowest BCUT2D eigenvalue weighted by molar-refractivity contribution is -0.384. The standard InChI is InChI=1S/C12H14ClN3O3.ClH/c13-11-5-9(16(18)19)1-2-10(11)12(17)15-4-3-8(6-14)7-15;/h1-2,5,8H,3-4,6-7,14H2;1H. The van der Waals surface area contributed by atoms with Crippen LogP contribution in [0.4, 0.5) is 5.69 Å². The number of nitrogens with two attached hydrogens (primary N) is 1. The summed E-state index contributed by atoms with van der Waals surface area (Å²) in [5, 5.41) is 10.7. The van der Waals surface area contributed by atoms with Gasteiger partial charge in [-0.15, -0.1) is 12.4 Å². The summed E-state index contributed by atoms with van der Waals surface area (Å²) in [5.74, 6) is 0.122. The first-order valence-corrected chi connectivity index (χ1v) is 6.34. The van der Waals surface area contributed by atoms with Gasteiger partial charge in [-0.25, -0.2) is 0 Å². The third-order valence-corrected chi connectivity index (χ3v) is 3.61. The van der Waals surface area contributed by atoms with E-state index < -0.39 is 4.92 Å². The Labute approximate surface area is 127 Å². The molecule has 1 atom stereocenters. The smallest absolute Gasteiger partial charge is 0.270 e. The molecule has 1 unspecified atom stereocenters. The number of nitrogens with zero attached hydrogens (tertiary/aromatic N) is 2. The molecule has 1 fully saturated rings. The van der Waals surface area contributed by atoms with Crippen molar-refractivity contribution < 1.29 is 9.72 Å². The predicted octanol–water partition coefficient (Wildman–Crippen LogP) is 2.09. The number of carbonyl (C=O) groups excluding carboxylic acids is 1. The van der Waals surface area contributed by atoms with E-state index in [9.17, 15) is 14.9 Å². The van der Waals surface area contributed by atoms with E-state index in [-0.39, 0.29) is 29.0 Å². The first-order valence-electron chi connectivity index (χ1n) is 5.96. The molecule has 8 heteroatoms. The zero-order valence-corrected chi connectivity index (χ0v) is 12.2. The molecule has 2 rings (SSSR count). The summed E-state index contributed by atoms with van der Waals surface area (Å²) >= 11 is 5.94. The summed E-state index contributed by atoms with van der Waals surface area (Å²) < 4.78 is 0. The number of amides is 1. The lowest BCUT2D eigenvalue weighted by atomic mass is 10.1. The predicted molar refractivity (Wildman–Crippen MR) is 78.4 cm³/mol. The highest BCUT2D eigenvalue weighted by atomic mass is 35.5. The second kappa shape index (κ2) is 6.88. The maximum absolute atomic E-state index is 12.2. The quantitative estimate of drug-likeness (QED) is 0.682. The van der Waals surface area contributed by atoms with E-state index in [2.05, 4.69) is 0 Å². The average Bonchev–Trinajstić information content (AvgIpc) is 2.86. The van der Waals surface area contributed by atoms with E-state index in [0.717, 1.165) is 6.42 Å². The summed E-state index contributed by atoms with van der Waals surface area (Å²) in [5.41, 5.74) is 5.75. The van der Waals surface area contributed by atoms with Crippen molar-refractivity contribution in [1.29, 1.82) is 0 Å². The van der Waals surface area contributed by atoms with Crippen LogP contribution in [0.3, 0.4) is 0 Å². The highest BCUT2D eigenvalue weighted by Gasteiger charge is 2.27. The summed E-state index contributed by atoms with van der Waals surface area (Å²) in [7, 11) is 0. The van der Waals surface area contributed by atoms with Gasteiger partial charge in [0.05, 0.1) is 15.5 Å². The van der Waals surface area contributed by atoms with Gasteiger partial charge in [0.15, 0.2) is 0 Å². The van der Waals surface area contributed by atoms with Gasteiger partial charge in [-0.1, -0.05) is 11.6 Å². The number of non-ortho nitro benzene ring substituents is 1. The molecule has 1 heterocycles.